The van der Waals surface area contributed by atoms with Crippen molar-refractivity contribution in [2.24, 2.45) is 5.73 Å². The first-order valence-corrected chi connectivity index (χ1v) is 7.20. The Morgan fingerprint density at radius 2 is 2.04 bits per heavy atom. The molecular weight excluding hydrogens is 344 g/mol. The molecule has 1 aromatic carbocycles. The maximum Gasteiger partial charge on any atom is 0.277 e. The molecule has 0 saturated carbocycles. The van der Waals surface area contributed by atoms with E-state index in [1.54, 1.807) is 0 Å². The van der Waals surface area contributed by atoms with Crippen LogP contribution in [0, 0.1) is 0 Å². The average molecular weight is 364 g/mol. The van der Waals surface area contributed by atoms with Crippen molar-refractivity contribution in [2.75, 3.05) is 26.3 Å². The van der Waals surface area contributed by atoms with Gasteiger partial charge in [-0.25, -0.2) is 8.78 Å². The molecule has 2 rings (SSSR count). The second kappa shape index (κ2) is 8.91. The molecule has 6 nitrogen and oxygen atoms in total. The highest BCUT2D eigenvalue weighted by Crippen LogP contribution is 2.15. The second-order valence-corrected chi connectivity index (χ2v) is 5.32. The Labute approximate surface area is 144 Å². The highest BCUT2D eigenvalue weighted by atomic mass is 35.5. The van der Waals surface area contributed by atoms with E-state index in [-0.39, 0.29) is 38.1 Å². The highest BCUT2D eigenvalue weighted by molar-refractivity contribution is 5.89. The number of hydrogen-bond donors (Lipinski definition) is 2. The lowest BCUT2D eigenvalue weighted by atomic mass is 10.1. The van der Waals surface area contributed by atoms with E-state index in [1.807, 2.05) is 30.3 Å². The van der Waals surface area contributed by atoms with E-state index in [9.17, 15) is 18.4 Å². The highest BCUT2D eigenvalue weighted by Gasteiger charge is 2.36. The van der Waals surface area contributed by atoms with Gasteiger partial charge in [-0.1, -0.05) is 30.3 Å². The minimum Gasteiger partial charge on any atom is -0.369 e. The molecule has 0 aromatic heterocycles. The predicted molar refractivity (Wildman–Crippen MR) is 85.9 cm³/mol. The number of ether oxygens (including phenoxy) is 1. The minimum atomic E-state index is -3.18. The van der Waals surface area contributed by atoms with Crippen LogP contribution in [-0.2, 0) is 20.9 Å². The number of morpholine rings is 1. The van der Waals surface area contributed by atoms with Gasteiger partial charge in [-0.3, -0.25) is 9.59 Å². The van der Waals surface area contributed by atoms with Gasteiger partial charge in [-0.05, 0) is 5.56 Å². The molecule has 1 fully saturated rings. The number of nitrogens with zero attached hydrogens (tertiary/aromatic N) is 1. The fourth-order valence-electron chi connectivity index (χ4n) is 2.21. The number of hydrogen-bond acceptors (Lipinski definition) is 4. The van der Waals surface area contributed by atoms with Crippen molar-refractivity contribution < 1.29 is 23.1 Å². The zero-order valence-electron chi connectivity index (χ0n) is 12.9. The van der Waals surface area contributed by atoms with Crippen LogP contribution in [0.25, 0.3) is 0 Å². The Hall–Kier alpha value is -1.77. The Balaban J connectivity index is 0.00000288. The molecule has 1 atom stereocenters. The number of carbonyl (C=O) groups excluding carboxylic acids is 2. The monoisotopic (exact) mass is 363 g/mol. The molecule has 0 spiro atoms. The van der Waals surface area contributed by atoms with E-state index in [2.05, 4.69) is 5.32 Å². The van der Waals surface area contributed by atoms with Crippen LogP contribution in [0.15, 0.2) is 30.3 Å². The summed E-state index contributed by atoms with van der Waals surface area (Å²) < 4.78 is 31.4. The van der Waals surface area contributed by atoms with Gasteiger partial charge in [0.05, 0.1) is 19.7 Å². The summed E-state index contributed by atoms with van der Waals surface area (Å²) in [4.78, 5) is 25.5. The molecule has 1 aliphatic rings. The molecular formula is C15H20ClF2N3O3. The van der Waals surface area contributed by atoms with Crippen molar-refractivity contribution in [3.8, 4) is 0 Å². The van der Waals surface area contributed by atoms with E-state index in [0.29, 0.717) is 0 Å². The predicted octanol–water partition coefficient (Wildman–Crippen LogP) is 0.546. The maximum absolute atomic E-state index is 13.1. The van der Waals surface area contributed by atoms with Crippen LogP contribution in [0.5, 0.6) is 0 Å². The van der Waals surface area contributed by atoms with E-state index in [1.165, 1.54) is 4.90 Å². The number of amides is 2. The summed E-state index contributed by atoms with van der Waals surface area (Å²) >= 11 is 0. The third kappa shape index (κ3) is 5.40. The van der Waals surface area contributed by atoms with Crippen molar-refractivity contribution >= 4 is 24.2 Å². The SMILES string of the molecule is Cl.NCC(F)(F)CNC(=O)[C@H]1COCC(=O)N1Cc1ccccc1. The molecule has 1 saturated heterocycles. The third-order valence-electron chi connectivity index (χ3n) is 3.52. The van der Waals surface area contributed by atoms with Crippen molar-refractivity contribution in [3.05, 3.63) is 35.9 Å². The molecule has 0 aliphatic carbocycles. The number of halogens is 3. The van der Waals surface area contributed by atoms with Gasteiger partial charge in [0.15, 0.2) is 0 Å². The van der Waals surface area contributed by atoms with Crippen LogP contribution in [0.4, 0.5) is 8.78 Å². The van der Waals surface area contributed by atoms with Crippen molar-refractivity contribution in [1.82, 2.24) is 10.2 Å². The fraction of sp³-hybridized carbons (Fsp3) is 0.467. The fourth-order valence-corrected chi connectivity index (χ4v) is 2.21. The van der Waals surface area contributed by atoms with Crippen LogP contribution in [-0.4, -0.2) is 55.0 Å². The van der Waals surface area contributed by atoms with Crippen molar-refractivity contribution in [3.63, 3.8) is 0 Å². The van der Waals surface area contributed by atoms with Gasteiger partial charge in [-0.2, -0.15) is 0 Å². The molecule has 1 aromatic rings. The first-order valence-electron chi connectivity index (χ1n) is 7.20. The lowest BCUT2D eigenvalue weighted by molar-refractivity contribution is -0.156. The zero-order chi connectivity index (χ0) is 16.9. The Morgan fingerprint density at radius 3 is 2.67 bits per heavy atom. The van der Waals surface area contributed by atoms with Crippen molar-refractivity contribution in [2.45, 2.75) is 18.5 Å². The molecule has 9 heteroatoms. The number of carbonyl (C=O) groups is 2. The van der Waals surface area contributed by atoms with Gasteiger partial charge in [0.1, 0.15) is 12.6 Å². The minimum absolute atomic E-state index is 0. The molecule has 1 heterocycles. The van der Waals surface area contributed by atoms with Crippen LogP contribution >= 0.6 is 12.4 Å². The molecule has 1 aliphatic heterocycles. The number of nitrogens with one attached hydrogen (secondary N) is 1. The van der Waals surface area contributed by atoms with E-state index in [4.69, 9.17) is 10.5 Å². The first-order chi connectivity index (χ1) is 10.9. The van der Waals surface area contributed by atoms with Crippen LogP contribution in [0.2, 0.25) is 0 Å². The second-order valence-electron chi connectivity index (χ2n) is 5.32. The summed E-state index contributed by atoms with van der Waals surface area (Å²) in [6.45, 7) is -1.67. The zero-order valence-corrected chi connectivity index (χ0v) is 13.7. The Kier molecular flexibility index (Phi) is 7.53. The van der Waals surface area contributed by atoms with Gasteiger partial charge < -0.3 is 20.7 Å². The van der Waals surface area contributed by atoms with Gasteiger partial charge >= 0.3 is 0 Å². The van der Waals surface area contributed by atoms with Crippen LogP contribution in [0.1, 0.15) is 5.56 Å². The Morgan fingerprint density at radius 1 is 1.38 bits per heavy atom. The van der Waals surface area contributed by atoms with Crippen LogP contribution in [0.3, 0.4) is 0 Å². The van der Waals surface area contributed by atoms with E-state index < -0.39 is 31.0 Å². The summed E-state index contributed by atoms with van der Waals surface area (Å²) in [5.41, 5.74) is 5.77. The molecule has 3 N–H and O–H groups in total. The molecule has 24 heavy (non-hydrogen) atoms. The van der Waals surface area contributed by atoms with Gasteiger partial charge in [0.2, 0.25) is 11.8 Å². The number of alkyl halides is 2. The third-order valence-corrected chi connectivity index (χ3v) is 3.52. The van der Waals surface area contributed by atoms with E-state index in [0.717, 1.165) is 5.56 Å². The summed E-state index contributed by atoms with van der Waals surface area (Å²) in [5, 5.41) is 2.14. The lowest BCUT2D eigenvalue weighted by Gasteiger charge is -2.34. The molecule has 0 unspecified atom stereocenters. The standard InChI is InChI=1S/C15H19F2N3O3.ClH/c16-15(17,9-18)10-19-14(22)12-7-23-8-13(21)20(12)6-11-4-2-1-3-5-11;/h1-5,12H,6-10,18H2,(H,19,22);1H/t12-;/m1./s1. The lowest BCUT2D eigenvalue weighted by Crippen LogP contribution is -2.57. The summed E-state index contributed by atoms with van der Waals surface area (Å²) in [6.07, 6.45) is 0. The van der Waals surface area contributed by atoms with Gasteiger partial charge in [-0.15, -0.1) is 12.4 Å². The normalized spacial score (nSPS) is 18.0. The van der Waals surface area contributed by atoms with Crippen molar-refractivity contribution in [1.29, 1.82) is 0 Å². The molecule has 134 valence electrons. The quantitative estimate of drug-likeness (QED) is 0.773. The summed E-state index contributed by atoms with van der Waals surface area (Å²) in [7, 11) is 0. The largest absolute Gasteiger partial charge is 0.369 e. The summed E-state index contributed by atoms with van der Waals surface area (Å²) in [6, 6.07) is 8.17. The Bertz CT molecular complexity index is 560. The number of benzene rings is 1. The van der Waals surface area contributed by atoms with Gasteiger partial charge in [0, 0.05) is 6.54 Å². The molecule has 2 amide bonds. The van der Waals surface area contributed by atoms with Gasteiger partial charge in [0.25, 0.3) is 5.92 Å². The molecule has 0 radical (unpaired) electrons. The first kappa shape index (κ1) is 20.3. The average Bonchev–Trinajstić information content (AvgIpc) is 2.55. The maximum atomic E-state index is 13.1. The number of nitrogens with two attached hydrogens (primary N) is 1. The topological polar surface area (TPSA) is 84.7 Å². The number of rotatable bonds is 6. The summed E-state index contributed by atoms with van der Waals surface area (Å²) in [5.74, 6) is -4.22. The molecule has 0 bridgehead atoms. The smallest absolute Gasteiger partial charge is 0.277 e. The van der Waals surface area contributed by atoms with Crippen LogP contribution < -0.4 is 11.1 Å². The van der Waals surface area contributed by atoms with E-state index >= 15 is 0 Å².